The summed E-state index contributed by atoms with van der Waals surface area (Å²) in [7, 11) is 0. The Bertz CT molecular complexity index is 378. The van der Waals surface area contributed by atoms with E-state index in [0.29, 0.717) is 10.6 Å². The lowest BCUT2D eigenvalue weighted by molar-refractivity contribution is -0.123. The molecule has 1 aliphatic heterocycles. The third-order valence-electron chi connectivity index (χ3n) is 2.27. The van der Waals surface area contributed by atoms with E-state index in [1.165, 1.54) is 12.1 Å². The number of fused-ring (bicyclic) bond motifs is 1. The normalized spacial score (nSPS) is 20.7. The standard InChI is InChI=1S/C9H8FNO2/c1-5-7-3-2-6(10)4-8(7)11(13)9(5)12/h2-5,13H,1H3. The van der Waals surface area contributed by atoms with Crippen LogP contribution in [0, 0.1) is 5.82 Å². The van der Waals surface area contributed by atoms with E-state index in [1.54, 1.807) is 6.92 Å². The van der Waals surface area contributed by atoms with Gasteiger partial charge in [-0.2, -0.15) is 5.06 Å². The fourth-order valence-corrected chi connectivity index (χ4v) is 1.50. The van der Waals surface area contributed by atoms with Crippen LogP contribution in [0.1, 0.15) is 18.4 Å². The second kappa shape index (κ2) is 2.53. The van der Waals surface area contributed by atoms with Crippen molar-refractivity contribution >= 4 is 11.6 Å². The first-order chi connectivity index (χ1) is 6.11. The third-order valence-corrected chi connectivity index (χ3v) is 2.27. The van der Waals surface area contributed by atoms with Crippen molar-refractivity contribution in [2.45, 2.75) is 12.8 Å². The Kier molecular flexibility index (Phi) is 1.60. The van der Waals surface area contributed by atoms with Gasteiger partial charge in [-0.3, -0.25) is 10.0 Å². The fraction of sp³-hybridized carbons (Fsp3) is 0.222. The first-order valence-electron chi connectivity index (χ1n) is 3.93. The van der Waals surface area contributed by atoms with Crippen molar-refractivity contribution in [3.05, 3.63) is 29.6 Å². The summed E-state index contributed by atoms with van der Waals surface area (Å²) in [4.78, 5) is 11.2. The number of hydrogen-bond donors (Lipinski definition) is 1. The highest BCUT2D eigenvalue weighted by molar-refractivity contribution is 6.02. The Balaban J connectivity index is 2.60. The molecule has 2 rings (SSSR count). The highest BCUT2D eigenvalue weighted by Crippen LogP contribution is 2.35. The Morgan fingerprint density at radius 3 is 2.92 bits per heavy atom. The van der Waals surface area contributed by atoms with Crippen LogP contribution < -0.4 is 5.06 Å². The first kappa shape index (κ1) is 8.19. The first-order valence-corrected chi connectivity index (χ1v) is 3.93. The molecule has 68 valence electrons. The summed E-state index contributed by atoms with van der Waals surface area (Å²) in [6.45, 7) is 1.68. The number of amides is 1. The van der Waals surface area contributed by atoms with Crippen LogP contribution in [0.3, 0.4) is 0 Å². The average Bonchev–Trinajstić information content (AvgIpc) is 2.32. The SMILES string of the molecule is CC1C(=O)N(O)c2cc(F)ccc21. The summed E-state index contributed by atoms with van der Waals surface area (Å²) in [6, 6.07) is 3.95. The molecule has 0 bridgehead atoms. The van der Waals surface area contributed by atoms with E-state index in [-0.39, 0.29) is 11.6 Å². The van der Waals surface area contributed by atoms with E-state index >= 15 is 0 Å². The average molecular weight is 181 g/mol. The van der Waals surface area contributed by atoms with E-state index in [4.69, 9.17) is 0 Å². The van der Waals surface area contributed by atoms with Crippen LogP contribution in [-0.4, -0.2) is 11.1 Å². The van der Waals surface area contributed by atoms with E-state index in [0.717, 1.165) is 6.07 Å². The van der Waals surface area contributed by atoms with Crippen molar-refractivity contribution in [2.24, 2.45) is 0 Å². The van der Waals surface area contributed by atoms with Gasteiger partial charge in [0, 0.05) is 6.07 Å². The number of carbonyl (C=O) groups excluding carboxylic acids is 1. The quantitative estimate of drug-likeness (QED) is 0.618. The van der Waals surface area contributed by atoms with Gasteiger partial charge in [0.2, 0.25) is 0 Å². The number of nitrogens with zero attached hydrogens (tertiary/aromatic N) is 1. The number of halogens is 1. The smallest absolute Gasteiger partial charge is 0.258 e. The monoisotopic (exact) mass is 181 g/mol. The Morgan fingerprint density at radius 2 is 2.23 bits per heavy atom. The summed E-state index contributed by atoms with van der Waals surface area (Å²) in [5.74, 6) is -1.26. The van der Waals surface area contributed by atoms with E-state index in [1.807, 2.05) is 0 Å². The minimum Gasteiger partial charge on any atom is -0.281 e. The molecule has 0 radical (unpaired) electrons. The Labute approximate surface area is 74.4 Å². The zero-order chi connectivity index (χ0) is 9.59. The van der Waals surface area contributed by atoms with E-state index in [2.05, 4.69) is 0 Å². The molecular weight excluding hydrogens is 173 g/mol. The minimum absolute atomic E-state index is 0.248. The predicted octanol–water partition coefficient (Wildman–Crippen LogP) is 1.67. The molecule has 1 aromatic carbocycles. The minimum atomic E-state index is -0.459. The summed E-state index contributed by atoms with van der Waals surface area (Å²) in [5, 5.41) is 9.76. The molecule has 13 heavy (non-hydrogen) atoms. The third kappa shape index (κ3) is 1.02. The molecule has 0 saturated carbocycles. The van der Waals surface area contributed by atoms with Crippen LogP contribution in [0.4, 0.5) is 10.1 Å². The zero-order valence-corrected chi connectivity index (χ0v) is 6.99. The van der Waals surface area contributed by atoms with Gasteiger partial charge in [0.05, 0.1) is 11.6 Å². The van der Waals surface area contributed by atoms with Gasteiger partial charge in [0.25, 0.3) is 5.91 Å². The van der Waals surface area contributed by atoms with Crippen LogP contribution in [0.2, 0.25) is 0 Å². The van der Waals surface area contributed by atoms with Crippen molar-refractivity contribution in [1.82, 2.24) is 0 Å². The number of hydrogen-bond acceptors (Lipinski definition) is 2. The van der Waals surface area contributed by atoms with Crippen LogP contribution in [0.15, 0.2) is 18.2 Å². The van der Waals surface area contributed by atoms with Gasteiger partial charge >= 0.3 is 0 Å². The molecule has 0 spiro atoms. The van der Waals surface area contributed by atoms with Crippen LogP contribution in [-0.2, 0) is 4.79 Å². The highest BCUT2D eigenvalue weighted by atomic mass is 19.1. The number of benzene rings is 1. The molecule has 1 amide bonds. The molecule has 0 fully saturated rings. The van der Waals surface area contributed by atoms with Gasteiger partial charge < -0.3 is 0 Å². The molecule has 1 N–H and O–H groups in total. The van der Waals surface area contributed by atoms with Crippen LogP contribution >= 0.6 is 0 Å². The molecule has 0 aliphatic carbocycles. The molecule has 1 unspecified atom stereocenters. The molecular formula is C9H8FNO2. The van der Waals surface area contributed by atoms with Gasteiger partial charge in [-0.1, -0.05) is 6.07 Å². The lowest BCUT2D eigenvalue weighted by Gasteiger charge is -2.06. The summed E-state index contributed by atoms with van der Waals surface area (Å²) in [6.07, 6.45) is 0. The van der Waals surface area contributed by atoms with Crippen molar-refractivity contribution in [1.29, 1.82) is 0 Å². The lowest BCUT2D eigenvalue weighted by atomic mass is 10.0. The molecule has 3 nitrogen and oxygen atoms in total. The van der Waals surface area contributed by atoms with Crippen molar-refractivity contribution < 1.29 is 14.4 Å². The largest absolute Gasteiger partial charge is 0.281 e. The van der Waals surface area contributed by atoms with Crippen LogP contribution in [0.25, 0.3) is 0 Å². The molecule has 1 atom stereocenters. The summed E-state index contributed by atoms with van der Waals surface area (Å²) in [5.41, 5.74) is 0.909. The van der Waals surface area contributed by atoms with Gasteiger partial charge in [-0.15, -0.1) is 0 Å². The number of rotatable bonds is 0. The second-order valence-corrected chi connectivity index (χ2v) is 3.07. The summed E-state index contributed by atoms with van der Waals surface area (Å²) < 4.78 is 12.7. The fourth-order valence-electron chi connectivity index (χ4n) is 1.50. The number of anilines is 1. The molecule has 1 heterocycles. The molecule has 4 heteroatoms. The highest BCUT2D eigenvalue weighted by Gasteiger charge is 2.33. The molecule has 0 aromatic heterocycles. The van der Waals surface area contributed by atoms with Crippen LogP contribution in [0.5, 0.6) is 0 Å². The topological polar surface area (TPSA) is 40.5 Å². The number of carbonyl (C=O) groups is 1. The second-order valence-electron chi connectivity index (χ2n) is 3.07. The maximum absolute atomic E-state index is 12.7. The van der Waals surface area contributed by atoms with Gasteiger partial charge in [-0.05, 0) is 18.6 Å². The maximum atomic E-state index is 12.7. The van der Waals surface area contributed by atoms with E-state index in [9.17, 15) is 14.4 Å². The van der Waals surface area contributed by atoms with Crippen molar-refractivity contribution in [2.75, 3.05) is 5.06 Å². The summed E-state index contributed by atoms with van der Waals surface area (Å²) >= 11 is 0. The lowest BCUT2D eigenvalue weighted by Crippen LogP contribution is -2.23. The molecule has 1 aliphatic rings. The number of hydroxylamine groups is 1. The van der Waals surface area contributed by atoms with Gasteiger partial charge in [0.1, 0.15) is 5.82 Å². The van der Waals surface area contributed by atoms with E-state index < -0.39 is 11.7 Å². The van der Waals surface area contributed by atoms with Crippen molar-refractivity contribution in [3.8, 4) is 0 Å². The molecule has 0 saturated heterocycles. The Morgan fingerprint density at radius 1 is 1.54 bits per heavy atom. The Hall–Kier alpha value is -1.42. The molecule has 1 aromatic rings. The maximum Gasteiger partial charge on any atom is 0.258 e. The predicted molar refractivity (Wildman–Crippen MR) is 44.1 cm³/mol. The van der Waals surface area contributed by atoms with Gasteiger partial charge in [-0.25, -0.2) is 4.39 Å². The zero-order valence-electron chi connectivity index (χ0n) is 6.99. The van der Waals surface area contributed by atoms with Crippen molar-refractivity contribution in [3.63, 3.8) is 0 Å². The van der Waals surface area contributed by atoms with Gasteiger partial charge in [0.15, 0.2) is 0 Å².